The van der Waals surface area contributed by atoms with E-state index in [1.54, 1.807) is 26.0 Å². The van der Waals surface area contributed by atoms with Crippen molar-refractivity contribution in [1.82, 2.24) is 4.90 Å². The molecule has 21 heavy (non-hydrogen) atoms. The van der Waals surface area contributed by atoms with E-state index in [9.17, 15) is 9.59 Å². The molecule has 1 rings (SSSR count). The quantitative estimate of drug-likeness (QED) is 0.871. The molecule has 112 valence electrons. The van der Waals surface area contributed by atoms with Crippen LogP contribution in [0.2, 0.25) is 0 Å². The second-order valence-electron chi connectivity index (χ2n) is 4.83. The number of amides is 2. The maximum Gasteiger partial charge on any atom is 0.336 e. The molecular formula is C15H19N3O3. The third kappa shape index (κ3) is 4.49. The smallest absolute Gasteiger partial charge is 0.336 e. The Morgan fingerprint density at radius 1 is 1.48 bits per heavy atom. The van der Waals surface area contributed by atoms with Crippen LogP contribution >= 0.6 is 0 Å². The van der Waals surface area contributed by atoms with Crippen molar-refractivity contribution >= 4 is 17.7 Å². The maximum atomic E-state index is 12.1. The average Bonchev–Trinajstić information content (AvgIpc) is 2.45. The Labute approximate surface area is 124 Å². The third-order valence-electron chi connectivity index (χ3n) is 3.10. The first-order valence-corrected chi connectivity index (χ1v) is 6.68. The van der Waals surface area contributed by atoms with Gasteiger partial charge in [-0.25, -0.2) is 9.59 Å². The number of benzene rings is 1. The molecule has 1 unspecified atom stereocenters. The minimum absolute atomic E-state index is 0.154. The van der Waals surface area contributed by atoms with Gasteiger partial charge in [-0.15, -0.1) is 0 Å². The molecule has 6 nitrogen and oxygen atoms in total. The fourth-order valence-corrected chi connectivity index (χ4v) is 1.86. The van der Waals surface area contributed by atoms with Crippen LogP contribution in [0.25, 0.3) is 0 Å². The zero-order chi connectivity index (χ0) is 16.0. The van der Waals surface area contributed by atoms with Crippen LogP contribution in [0.5, 0.6) is 0 Å². The number of carbonyl (C=O) groups excluding carboxylic acids is 1. The molecule has 0 saturated carbocycles. The summed E-state index contributed by atoms with van der Waals surface area (Å²) in [5, 5.41) is 20.5. The average molecular weight is 289 g/mol. The number of carboxylic acid groups (broad SMARTS) is 1. The molecule has 0 aliphatic carbocycles. The van der Waals surface area contributed by atoms with Crippen LogP contribution in [0.3, 0.4) is 0 Å². The summed E-state index contributed by atoms with van der Waals surface area (Å²) in [6, 6.07) is 6.46. The van der Waals surface area contributed by atoms with E-state index >= 15 is 0 Å². The standard InChI is InChI=1S/C15H19N3O3/c1-4-18(9-10(2)8-16)15(21)17-12-6-5-11(3)13(7-12)14(19)20/h5-7,10H,4,9H2,1-3H3,(H,17,21)(H,19,20). The summed E-state index contributed by atoms with van der Waals surface area (Å²) in [4.78, 5) is 24.7. The predicted molar refractivity (Wildman–Crippen MR) is 79.2 cm³/mol. The monoisotopic (exact) mass is 289 g/mol. The number of carboxylic acids is 1. The van der Waals surface area contributed by atoms with E-state index in [0.717, 1.165) is 0 Å². The normalized spacial score (nSPS) is 11.3. The minimum atomic E-state index is -1.03. The predicted octanol–water partition coefficient (Wildman–Crippen LogP) is 2.71. The first-order valence-electron chi connectivity index (χ1n) is 6.68. The van der Waals surface area contributed by atoms with Crippen LogP contribution in [0.4, 0.5) is 10.5 Å². The van der Waals surface area contributed by atoms with Crippen LogP contribution < -0.4 is 5.32 Å². The molecule has 0 bridgehead atoms. The Bertz CT molecular complexity index is 578. The number of carbonyl (C=O) groups is 2. The Hall–Kier alpha value is -2.55. The van der Waals surface area contributed by atoms with Gasteiger partial charge in [0, 0.05) is 18.8 Å². The minimum Gasteiger partial charge on any atom is -0.478 e. The fourth-order valence-electron chi connectivity index (χ4n) is 1.86. The second kappa shape index (κ2) is 7.29. The summed E-state index contributed by atoms with van der Waals surface area (Å²) >= 11 is 0. The second-order valence-corrected chi connectivity index (χ2v) is 4.83. The van der Waals surface area contributed by atoms with Crippen molar-refractivity contribution in [3.8, 4) is 6.07 Å². The van der Waals surface area contributed by atoms with Crippen molar-refractivity contribution in [2.45, 2.75) is 20.8 Å². The first kappa shape index (κ1) is 16.5. The zero-order valence-electron chi connectivity index (χ0n) is 12.4. The molecule has 6 heteroatoms. The molecule has 0 aliphatic rings. The van der Waals surface area contributed by atoms with E-state index in [0.29, 0.717) is 24.3 Å². The Morgan fingerprint density at radius 3 is 2.67 bits per heavy atom. The Kier molecular flexibility index (Phi) is 5.73. The van der Waals surface area contributed by atoms with E-state index < -0.39 is 5.97 Å². The van der Waals surface area contributed by atoms with Crippen molar-refractivity contribution in [1.29, 1.82) is 5.26 Å². The Balaban J connectivity index is 2.85. The summed E-state index contributed by atoms with van der Waals surface area (Å²) in [6.07, 6.45) is 0. The van der Waals surface area contributed by atoms with Gasteiger partial charge < -0.3 is 15.3 Å². The number of anilines is 1. The number of urea groups is 1. The highest BCUT2D eigenvalue weighted by molar-refractivity contribution is 5.94. The number of rotatable bonds is 5. The van der Waals surface area contributed by atoms with E-state index in [2.05, 4.69) is 11.4 Å². The highest BCUT2D eigenvalue weighted by Crippen LogP contribution is 2.16. The maximum absolute atomic E-state index is 12.1. The van der Waals surface area contributed by atoms with Crippen LogP contribution in [0, 0.1) is 24.2 Å². The van der Waals surface area contributed by atoms with E-state index in [4.69, 9.17) is 10.4 Å². The summed E-state index contributed by atoms with van der Waals surface area (Å²) in [7, 11) is 0. The van der Waals surface area contributed by atoms with E-state index in [1.807, 2.05) is 6.92 Å². The third-order valence-corrected chi connectivity index (χ3v) is 3.10. The van der Waals surface area contributed by atoms with Crippen molar-refractivity contribution < 1.29 is 14.7 Å². The summed E-state index contributed by atoms with van der Waals surface area (Å²) in [6.45, 7) is 6.06. The van der Waals surface area contributed by atoms with Crippen LogP contribution in [0.15, 0.2) is 18.2 Å². The summed E-state index contributed by atoms with van der Waals surface area (Å²) < 4.78 is 0. The summed E-state index contributed by atoms with van der Waals surface area (Å²) in [5.74, 6) is -1.29. The molecule has 0 saturated heterocycles. The van der Waals surface area contributed by atoms with Crippen LogP contribution in [-0.4, -0.2) is 35.1 Å². The number of nitrogens with one attached hydrogen (secondary N) is 1. The lowest BCUT2D eigenvalue weighted by Crippen LogP contribution is -2.37. The summed E-state index contributed by atoms with van der Waals surface area (Å²) in [5.41, 5.74) is 1.21. The van der Waals surface area contributed by atoms with Gasteiger partial charge >= 0.3 is 12.0 Å². The lowest BCUT2D eigenvalue weighted by Gasteiger charge is -2.22. The lowest BCUT2D eigenvalue weighted by molar-refractivity contribution is 0.0696. The van der Waals surface area contributed by atoms with Gasteiger partial charge in [-0.1, -0.05) is 6.07 Å². The van der Waals surface area contributed by atoms with Gasteiger partial charge in [0.15, 0.2) is 0 Å². The number of aromatic carboxylic acids is 1. The molecule has 1 aromatic rings. The van der Waals surface area contributed by atoms with E-state index in [1.165, 1.54) is 11.0 Å². The molecule has 2 N–H and O–H groups in total. The molecule has 0 aromatic heterocycles. The van der Waals surface area contributed by atoms with Gasteiger partial charge in [-0.2, -0.15) is 5.26 Å². The first-order chi connectivity index (χ1) is 9.88. The van der Waals surface area contributed by atoms with Gasteiger partial charge in [-0.3, -0.25) is 0 Å². The number of hydrogen-bond donors (Lipinski definition) is 2. The molecule has 2 amide bonds. The van der Waals surface area contributed by atoms with Gasteiger partial charge in [0.2, 0.25) is 0 Å². The van der Waals surface area contributed by atoms with Crippen molar-refractivity contribution in [2.24, 2.45) is 5.92 Å². The van der Waals surface area contributed by atoms with Crippen molar-refractivity contribution in [3.05, 3.63) is 29.3 Å². The van der Waals surface area contributed by atoms with Crippen molar-refractivity contribution in [2.75, 3.05) is 18.4 Å². The van der Waals surface area contributed by atoms with Crippen molar-refractivity contribution in [3.63, 3.8) is 0 Å². The molecule has 0 fully saturated rings. The van der Waals surface area contributed by atoms with E-state index in [-0.39, 0.29) is 17.5 Å². The highest BCUT2D eigenvalue weighted by Gasteiger charge is 2.16. The number of nitriles is 1. The molecular weight excluding hydrogens is 270 g/mol. The van der Waals surface area contributed by atoms with Gasteiger partial charge in [0.05, 0.1) is 17.6 Å². The largest absolute Gasteiger partial charge is 0.478 e. The van der Waals surface area contributed by atoms with Crippen LogP contribution in [0.1, 0.15) is 29.8 Å². The van der Waals surface area contributed by atoms with Gasteiger partial charge in [-0.05, 0) is 38.5 Å². The van der Waals surface area contributed by atoms with Gasteiger partial charge in [0.1, 0.15) is 0 Å². The molecule has 0 radical (unpaired) electrons. The number of aryl methyl sites for hydroxylation is 1. The number of hydrogen-bond acceptors (Lipinski definition) is 3. The molecule has 0 aliphatic heterocycles. The zero-order valence-corrected chi connectivity index (χ0v) is 12.4. The topological polar surface area (TPSA) is 93.4 Å². The SMILES string of the molecule is CCN(CC(C)C#N)C(=O)Nc1ccc(C)c(C(=O)O)c1. The molecule has 1 atom stereocenters. The molecule has 1 aromatic carbocycles. The molecule has 0 heterocycles. The number of nitrogens with zero attached hydrogens (tertiary/aromatic N) is 2. The Morgan fingerprint density at radius 2 is 2.14 bits per heavy atom. The van der Waals surface area contributed by atoms with Crippen LogP contribution in [-0.2, 0) is 0 Å². The molecule has 0 spiro atoms. The fraction of sp³-hybridized carbons (Fsp3) is 0.400. The van der Waals surface area contributed by atoms with Gasteiger partial charge in [0.25, 0.3) is 0 Å². The lowest BCUT2D eigenvalue weighted by atomic mass is 10.1. The highest BCUT2D eigenvalue weighted by atomic mass is 16.4.